The molecule has 1 aliphatic rings. The molecule has 0 spiro atoms. The highest BCUT2D eigenvalue weighted by Crippen LogP contribution is 2.30. The largest absolute Gasteiger partial charge is 0.385 e. The highest BCUT2D eigenvalue weighted by molar-refractivity contribution is 4.85. The van der Waals surface area contributed by atoms with Gasteiger partial charge in [-0.25, -0.2) is 0 Å². The summed E-state index contributed by atoms with van der Waals surface area (Å²) in [6, 6.07) is 0.565. The smallest absolute Gasteiger partial charge is 0.0730 e. The molecule has 3 atom stereocenters. The number of hydrogen-bond donors (Lipinski definition) is 1. The highest BCUT2D eigenvalue weighted by atomic mass is 16.5. The zero-order chi connectivity index (χ0) is 13.9. The quantitative estimate of drug-likeness (QED) is 0.618. The standard InChI is InChI=1S/C16H33NO2/c1-4-7-14-8-9-15(17-10-5-2)16(13-14)19-12-6-11-18-3/h14-17H,4-13H2,1-3H3. The Labute approximate surface area is 119 Å². The maximum Gasteiger partial charge on any atom is 0.0730 e. The molecule has 1 saturated carbocycles. The number of rotatable bonds is 10. The van der Waals surface area contributed by atoms with Gasteiger partial charge in [-0.05, 0) is 44.6 Å². The fourth-order valence-electron chi connectivity index (χ4n) is 3.07. The van der Waals surface area contributed by atoms with Gasteiger partial charge < -0.3 is 14.8 Å². The molecular formula is C16H33NO2. The number of hydrogen-bond acceptors (Lipinski definition) is 3. The molecule has 1 fully saturated rings. The summed E-state index contributed by atoms with van der Waals surface area (Å²) in [5.41, 5.74) is 0. The van der Waals surface area contributed by atoms with E-state index in [1.54, 1.807) is 7.11 Å². The molecule has 114 valence electrons. The van der Waals surface area contributed by atoms with E-state index < -0.39 is 0 Å². The minimum atomic E-state index is 0.411. The Balaban J connectivity index is 2.35. The number of nitrogens with one attached hydrogen (secondary N) is 1. The van der Waals surface area contributed by atoms with E-state index >= 15 is 0 Å². The van der Waals surface area contributed by atoms with Crippen LogP contribution in [0.5, 0.6) is 0 Å². The third-order valence-electron chi connectivity index (χ3n) is 4.08. The van der Waals surface area contributed by atoms with Gasteiger partial charge in [0.05, 0.1) is 6.10 Å². The molecule has 1 aliphatic carbocycles. The minimum Gasteiger partial charge on any atom is -0.385 e. The van der Waals surface area contributed by atoms with Crippen molar-refractivity contribution in [3.63, 3.8) is 0 Å². The summed E-state index contributed by atoms with van der Waals surface area (Å²) < 4.78 is 11.2. The van der Waals surface area contributed by atoms with Gasteiger partial charge in [0.1, 0.15) is 0 Å². The SMILES string of the molecule is CCCNC1CCC(CCC)CC1OCCCOC. The topological polar surface area (TPSA) is 30.5 Å². The van der Waals surface area contributed by atoms with E-state index in [0.29, 0.717) is 12.1 Å². The van der Waals surface area contributed by atoms with Crippen LogP contribution < -0.4 is 5.32 Å². The van der Waals surface area contributed by atoms with Crippen molar-refractivity contribution in [1.29, 1.82) is 0 Å². The van der Waals surface area contributed by atoms with E-state index in [9.17, 15) is 0 Å². The third-order valence-corrected chi connectivity index (χ3v) is 4.08. The van der Waals surface area contributed by atoms with Crippen LogP contribution >= 0.6 is 0 Å². The molecular weight excluding hydrogens is 238 g/mol. The van der Waals surface area contributed by atoms with E-state index in [0.717, 1.165) is 32.1 Å². The maximum atomic E-state index is 6.13. The third kappa shape index (κ3) is 6.73. The van der Waals surface area contributed by atoms with Crippen LogP contribution in [0, 0.1) is 5.92 Å². The normalized spacial score (nSPS) is 27.6. The summed E-state index contributed by atoms with van der Waals surface area (Å²) in [5.74, 6) is 0.872. The van der Waals surface area contributed by atoms with Crippen LogP contribution in [0.4, 0.5) is 0 Å². The van der Waals surface area contributed by atoms with E-state index in [1.807, 2.05) is 0 Å². The Morgan fingerprint density at radius 2 is 1.95 bits per heavy atom. The highest BCUT2D eigenvalue weighted by Gasteiger charge is 2.30. The first-order valence-corrected chi connectivity index (χ1v) is 8.15. The summed E-state index contributed by atoms with van der Waals surface area (Å²) in [7, 11) is 1.75. The van der Waals surface area contributed by atoms with Crippen LogP contribution in [0.3, 0.4) is 0 Å². The molecule has 1 N–H and O–H groups in total. The van der Waals surface area contributed by atoms with Gasteiger partial charge in [-0.15, -0.1) is 0 Å². The maximum absolute atomic E-state index is 6.13. The van der Waals surface area contributed by atoms with Crippen molar-refractivity contribution in [2.24, 2.45) is 5.92 Å². The van der Waals surface area contributed by atoms with Crippen molar-refractivity contribution in [3.05, 3.63) is 0 Å². The molecule has 1 rings (SSSR count). The van der Waals surface area contributed by atoms with Gasteiger partial charge >= 0.3 is 0 Å². The van der Waals surface area contributed by atoms with Crippen molar-refractivity contribution < 1.29 is 9.47 Å². The summed E-state index contributed by atoms with van der Waals surface area (Å²) in [4.78, 5) is 0. The van der Waals surface area contributed by atoms with Gasteiger partial charge in [0.2, 0.25) is 0 Å². The first-order chi connectivity index (χ1) is 9.31. The van der Waals surface area contributed by atoms with E-state index in [2.05, 4.69) is 19.2 Å². The molecule has 3 nitrogen and oxygen atoms in total. The summed E-state index contributed by atoms with van der Waals surface area (Å²) in [6.45, 7) is 7.26. The second-order valence-electron chi connectivity index (χ2n) is 5.78. The second kappa shape index (κ2) is 10.6. The predicted octanol–water partition coefficient (Wildman–Crippen LogP) is 3.38. The van der Waals surface area contributed by atoms with Gasteiger partial charge in [-0.3, -0.25) is 0 Å². The van der Waals surface area contributed by atoms with Crippen LogP contribution in [0.1, 0.15) is 58.8 Å². The predicted molar refractivity (Wildman–Crippen MR) is 80.6 cm³/mol. The van der Waals surface area contributed by atoms with Crippen molar-refractivity contribution >= 4 is 0 Å². The summed E-state index contributed by atoms with van der Waals surface area (Å²) in [6.07, 6.45) is 9.16. The molecule has 0 saturated heterocycles. The van der Waals surface area contributed by atoms with E-state index in [4.69, 9.17) is 9.47 Å². The minimum absolute atomic E-state index is 0.411. The van der Waals surface area contributed by atoms with E-state index in [-0.39, 0.29) is 0 Å². The van der Waals surface area contributed by atoms with Gasteiger partial charge in [-0.1, -0.05) is 26.7 Å². The molecule has 0 aliphatic heterocycles. The van der Waals surface area contributed by atoms with E-state index in [1.165, 1.54) is 38.5 Å². The van der Waals surface area contributed by atoms with Crippen molar-refractivity contribution in [2.75, 3.05) is 26.9 Å². The Hall–Kier alpha value is -0.120. The van der Waals surface area contributed by atoms with Crippen LogP contribution in [0.2, 0.25) is 0 Å². The molecule has 3 unspecified atom stereocenters. The van der Waals surface area contributed by atoms with Crippen LogP contribution in [0.15, 0.2) is 0 Å². The fraction of sp³-hybridized carbons (Fsp3) is 1.00. The first-order valence-electron chi connectivity index (χ1n) is 8.15. The molecule has 3 heteroatoms. The lowest BCUT2D eigenvalue weighted by Crippen LogP contribution is -2.46. The summed E-state index contributed by atoms with van der Waals surface area (Å²) in [5, 5.41) is 3.67. The van der Waals surface area contributed by atoms with Gasteiger partial charge in [-0.2, -0.15) is 0 Å². The summed E-state index contributed by atoms with van der Waals surface area (Å²) >= 11 is 0. The molecule has 0 aromatic heterocycles. The van der Waals surface area contributed by atoms with Crippen LogP contribution in [0.25, 0.3) is 0 Å². The van der Waals surface area contributed by atoms with Gasteiger partial charge in [0, 0.05) is 26.4 Å². The Morgan fingerprint density at radius 3 is 2.63 bits per heavy atom. The Morgan fingerprint density at radius 1 is 1.11 bits per heavy atom. The molecule has 19 heavy (non-hydrogen) atoms. The lowest BCUT2D eigenvalue weighted by molar-refractivity contribution is -0.0174. The fourth-order valence-corrected chi connectivity index (χ4v) is 3.07. The van der Waals surface area contributed by atoms with Crippen LogP contribution in [-0.4, -0.2) is 39.0 Å². The lowest BCUT2D eigenvalue weighted by atomic mass is 9.81. The molecule has 0 aromatic rings. The molecule has 0 radical (unpaired) electrons. The zero-order valence-corrected chi connectivity index (χ0v) is 13.1. The molecule has 0 amide bonds. The Bertz CT molecular complexity index is 211. The Kier molecular flexibility index (Phi) is 9.48. The van der Waals surface area contributed by atoms with Crippen molar-refractivity contribution in [1.82, 2.24) is 5.32 Å². The average Bonchev–Trinajstić information content (AvgIpc) is 2.43. The monoisotopic (exact) mass is 271 g/mol. The molecule has 0 bridgehead atoms. The van der Waals surface area contributed by atoms with Crippen molar-refractivity contribution in [2.45, 2.75) is 70.9 Å². The first kappa shape index (κ1) is 16.9. The lowest BCUT2D eigenvalue weighted by Gasteiger charge is -2.36. The number of methoxy groups -OCH3 is 1. The van der Waals surface area contributed by atoms with Crippen molar-refractivity contribution in [3.8, 4) is 0 Å². The second-order valence-corrected chi connectivity index (χ2v) is 5.78. The van der Waals surface area contributed by atoms with Gasteiger partial charge in [0.25, 0.3) is 0 Å². The zero-order valence-electron chi connectivity index (χ0n) is 13.1. The molecule has 0 aromatic carbocycles. The average molecular weight is 271 g/mol. The number of ether oxygens (including phenoxy) is 2. The van der Waals surface area contributed by atoms with Gasteiger partial charge in [0.15, 0.2) is 0 Å². The van der Waals surface area contributed by atoms with Crippen LogP contribution in [-0.2, 0) is 9.47 Å². The molecule has 0 heterocycles.